The van der Waals surface area contributed by atoms with Crippen molar-refractivity contribution in [3.05, 3.63) is 22.8 Å². The van der Waals surface area contributed by atoms with Crippen LogP contribution in [-0.4, -0.2) is 5.78 Å². The van der Waals surface area contributed by atoms with Crippen molar-refractivity contribution >= 4 is 28.4 Å². The number of hydrogen-bond donors (Lipinski definition) is 0. The number of allylic oxidation sites excluding steroid dienone is 2. The first-order chi connectivity index (χ1) is 6.66. The van der Waals surface area contributed by atoms with Crippen LogP contribution in [-0.2, 0) is 4.79 Å². The van der Waals surface area contributed by atoms with Crippen LogP contribution >= 0.6 is 22.6 Å². The lowest BCUT2D eigenvalue weighted by Crippen LogP contribution is -1.97. The van der Waals surface area contributed by atoms with Gasteiger partial charge in [-0.25, -0.2) is 0 Å². The van der Waals surface area contributed by atoms with Gasteiger partial charge in [-0.3, -0.25) is 4.79 Å². The Morgan fingerprint density at radius 1 is 1.14 bits per heavy atom. The van der Waals surface area contributed by atoms with Gasteiger partial charge in [-0.1, -0.05) is 12.7 Å². The van der Waals surface area contributed by atoms with E-state index in [2.05, 4.69) is 35.7 Å². The Balaban J connectivity index is 3.28. The lowest BCUT2D eigenvalue weighted by Gasteiger charge is -1.99. The van der Waals surface area contributed by atoms with Crippen molar-refractivity contribution in [2.24, 2.45) is 0 Å². The molecular weight excluding hydrogens is 287 g/mol. The second-order valence-electron chi connectivity index (χ2n) is 3.44. The Kier molecular flexibility index (Phi) is 9.35. The standard InChI is InChI=1S/C12H19IO/c1-3-4-5-6-9-12(14)10-7-8-11(2)13/h3H,1-2,4-10H2. The average Bonchev–Trinajstić information content (AvgIpc) is 2.12. The van der Waals surface area contributed by atoms with Crippen molar-refractivity contribution in [1.82, 2.24) is 0 Å². The van der Waals surface area contributed by atoms with Crippen molar-refractivity contribution < 1.29 is 4.79 Å². The van der Waals surface area contributed by atoms with E-state index in [1.165, 1.54) is 0 Å². The number of Topliss-reactive ketones (excluding diaryl/α,β-unsaturated/α-hetero) is 1. The normalized spacial score (nSPS) is 9.79. The van der Waals surface area contributed by atoms with E-state index in [1.807, 2.05) is 6.08 Å². The number of carbonyl (C=O) groups excluding carboxylic acids is 1. The van der Waals surface area contributed by atoms with Crippen molar-refractivity contribution in [1.29, 1.82) is 0 Å². The summed E-state index contributed by atoms with van der Waals surface area (Å²) in [4.78, 5) is 11.3. The Morgan fingerprint density at radius 3 is 2.36 bits per heavy atom. The van der Waals surface area contributed by atoms with Crippen LogP contribution in [0.25, 0.3) is 0 Å². The summed E-state index contributed by atoms with van der Waals surface area (Å²) in [6, 6.07) is 0. The maximum absolute atomic E-state index is 11.3. The second-order valence-corrected chi connectivity index (χ2v) is 4.97. The van der Waals surface area contributed by atoms with E-state index in [0.29, 0.717) is 5.78 Å². The minimum atomic E-state index is 0.395. The molecule has 0 rings (SSSR count). The molecule has 0 spiro atoms. The smallest absolute Gasteiger partial charge is 0.132 e. The van der Waals surface area contributed by atoms with Crippen molar-refractivity contribution in [3.63, 3.8) is 0 Å². The fourth-order valence-electron chi connectivity index (χ4n) is 1.21. The highest BCUT2D eigenvalue weighted by Crippen LogP contribution is 2.13. The van der Waals surface area contributed by atoms with E-state index in [0.717, 1.165) is 48.5 Å². The molecule has 0 aliphatic heterocycles. The number of hydrogen-bond acceptors (Lipinski definition) is 1. The number of rotatable bonds is 9. The first kappa shape index (κ1) is 13.9. The van der Waals surface area contributed by atoms with Crippen LogP contribution < -0.4 is 0 Å². The molecule has 0 aromatic heterocycles. The Bertz CT molecular complexity index is 196. The van der Waals surface area contributed by atoms with Gasteiger partial charge in [-0.2, -0.15) is 0 Å². The van der Waals surface area contributed by atoms with Crippen LogP contribution in [0.2, 0.25) is 0 Å². The molecule has 0 aromatic rings. The van der Waals surface area contributed by atoms with E-state index in [1.54, 1.807) is 0 Å². The van der Waals surface area contributed by atoms with Crippen molar-refractivity contribution in [3.8, 4) is 0 Å². The van der Waals surface area contributed by atoms with Crippen molar-refractivity contribution in [2.75, 3.05) is 0 Å². The summed E-state index contributed by atoms with van der Waals surface area (Å²) < 4.78 is 1.14. The van der Waals surface area contributed by atoms with Crippen LogP contribution in [0.1, 0.15) is 44.9 Å². The van der Waals surface area contributed by atoms with Gasteiger partial charge in [-0.15, -0.1) is 6.58 Å². The molecule has 0 saturated heterocycles. The number of halogens is 1. The van der Waals surface area contributed by atoms with Crippen LogP contribution in [0.15, 0.2) is 22.8 Å². The Hall–Kier alpha value is -0.120. The highest BCUT2D eigenvalue weighted by Gasteiger charge is 2.01. The van der Waals surface area contributed by atoms with Crippen LogP contribution in [0.4, 0.5) is 0 Å². The van der Waals surface area contributed by atoms with Gasteiger partial charge >= 0.3 is 0 Å². The van der Waals surface area contributed by atoms with E-state index < -0.39 is 0 Å². The molecule has 0 bridgehead atoms. The lowest BCUT2D eigenvalue weighted by atomic mass is 10.1. The predicted molar refractivity (Wildman–Crippen MR) is 70.7 cm³/mol. The first-order valence-corrected chi connectivity index (χ1v) is 6.20. The highest BCUT2D eigenvalue weighted by atomic mass is 127. The summed E-state index contributed by atoms with van der Waals surface area (Å²) in [5.74, 6) is 0.395. The summed E-state index contributed by atoms with van der Waals surface area (Å²) in [5, 5.41) is 0. The molecule has 0 saturated carbocycles. The Morgan fingerprint density at radius 2 is 1.79 bits per heavy atom. The molecule has 0 amide bonds. The van der Waals surface area contributed by atoms with Crippen LogP contribution in [0.3, 0.4) is 0 Å². The maximum atomic E-state index is 11.3. The van der Waals surface area contributed by atoms with Crippen LogP contribution in [0, 0.1) is 0 Å². The Labute approximate surface area is 101 Å². The minimum Gasteiger partial charge on any atom is -0.300 e. The van der Waals surface area contributed by atoms with Gasteiger partial charge in [0.05, 0.1) is 0 Å². The molecule has 14 heavy (non-hydrogen) atoms. The van der Waals surface area contributed by atoms with Gasteiger partial charge in [0.1, 0.15) is 5.78 Å². The SMILES string of the molecule is C=CCCCCC(=O)CCCC(=C)I. The van der Waals surface area contributed by atoms with Gasteiger partial charge in [0.2, 0.25) is 0 Å². The first-order valence-electron chi connectivity index (χ1n) is 5.12. The maximum Gasteiger partial charge on any atom is 0.132 e. The molecule has 0 N–H and O–H groups in total. The summed E-state index contributed by atoms with van der Waals surface area (Å²) >= 11 is 2.21. The zero-order valence-electron chi connectivity index (χ0n) is 8.73. The monoisotopic (exact) mass is 306 g/mol. The van der Waals surface area contributed by atoms with E-state index in [-0.39, 0.29) is 0 Å². The summed E-state index contributed by atoms with van der Waals surface area (Å²) in [7, 11) is 0. The minimum absolute atomic E-state index is 0.395. The molecule has 0 fully saturated rings. The third-order valence-electron chi connectivity index (χ3n) is 2.02. The number of carbonyl (C=O) groups is 1. The van der Waals surface area contributed by atoms with Gasteiger partial charge in [0.25, 0.3) is 0 Å². The van der Waals surface area contributed by atoms with Crippen molar-refractivity contribution in [2.45, 2.75) is 44.9 Å². The predicted octanol–water partition coefficient (Wildman–Crippen LogP) is 4.42. The summed E-state index contributed by atoms with van der Waals surface area (Å²) in [6.07, 6.45) is 8.42. The lowest BCUT2D eigenvalue weighted by molar-refractivity contribution is -0.119. The zero-order valence-corrected chi connectivity index (χ0v) is 10.9. The van der Waals surface area contributed by atoms with Gasteiger partial charge in [0, 0.05) is 12.8 Å². The molecule has 0 heterocycles. The summed E-state index contributed by atoms with van der Waals surface area (Å²) in [5.41, 5.74) is 0. The molecular formula is C12H19IO. The molecule has 0 aliphatic carbocycles. The molecule has 0 unspecified atom stereocenters. The highest BCUT2D eigenvalue weighted by molar-refractivity contribution is 14.1. The topological polar surface area (TPSA) is 17.1 Å². The van der Waals surface area contributed by atoms with E-state index in [4.69, 9.17) is 0 Å². The quantitative estimate of drug-likeness (QED) is 0.350. The fourth-order valence-corrected chi connectivity index (χ4v) is 1.59. The number of unbranched alkanes of at least 4 members (excludes halogenated alkanes) is 2. The third kappa shape index (κ3) is 9.96. The molecule has 0 atom stereocenters. The molecule has 1 nitrogen and oxygen atoms in total. The molecule has 0 radical (unpaired) electrons. The zero-order chi connectivity index (χ0) is 10.8. The van der Waals surface area contributed by atoms with Gasteiger partial charge in [-0.05, 0) is 58.3 Å². The third-order valence-corrected chi connectivity index (χ3v) is 2.56. The molecule has 2 heteroatoms. The van der Waals surface area contributed by atoms with E-state index >= 15 is 0 Å². The summed E-state index contributed by atoms with van der Waals surface area (Å²) in [6.45, 7) is 7.45. The van der Waals surface area contributed by atoms with E-state index in [9.17, 15) is 4.79 Å². The molecule has 0 aliphatic rings. The number of ketones is 1. The fraction of sp³-hybridized carbons (Fsp3) is 0.583. The van der Waals surface area contributed by atoms with Gasteiger partial charge < -0.3 is 0 Å². The average molecular weight is 306 g/mol. The molecule has 0 aromatic carbocycles. The second kappa shape index (κ2) is 9.44. The van der Waals surface area contributed by atoms with Crippen LogP contribution in [0.5, 0.6) is 0 Å². The largest absolute Gasteiger partial charge is 0.300 e. The molecule has 80 valence electrons. The van der Waals surface area contributed by atoms with Gasteiger partial charge in [0.15, 0.2) is 0 Å².